The number of benzene rings is 1. The van der Waals surface area contributed by atoms with E-state index in [2.05, 4.69) is 17.2 Å². The Morgan fingerprint density at radius 2 is 1.93 bits per heavy atom. The molecule has 1 N–H and O–H groups in total. The number of amides is 2. The van der Waals surface area contributed by atoms with Gasteiger partial charge in [-0.2, -0.15) is 0 Å². The minimum absolute atomic E-state index is 0.105. The molecule has 0 spiro atoms. The smallest absolute Gasteiger partial charge is 0.290 e. The van der Waals surface area contributed by atoms with Crippen LogP contribution in [0, 0.1) is 6.92 Å². The second kappa shape index (κ2) is 8.07. The highest BCUT2D eigenvalue weighted by molar-refractivity contribution is 6.09. The molecule has 1 fully saturated rings. The molecule has 1 aliphatic heterocycles. The first-order valence-corrected chi connectivity index (χ1v) is 10.2. The molecule has 1 aliphatic rings. The van der Waals surface area contributed by atoms with Gasteiger partial charge in [0.05, 0.1) is 5.52 Å². The predicted octanol–water partition coefficient (Wildman–Crippen LogP) is 4.30. The zero-order chi connectivity index (χ0) is 20.4. The van der Waals surface area contributed by atoms with Gasteiger partial charge in [-0.15, -0.1) is 0 Å². The van der Waals surface area contributed by atoms with Crippen LogP contribution in [0.1, 0.15) is 59.3 Å². The lowest BCUT2D eigenvalue weighted by atomic mass is 10.00. The average molecular weight is 390 g/mol. The highest BCUT2D eigenvalue weighted by Gasteiger charge is 2.30. The molecule has 2 aromatic heterocycles. The van der Waals surface area contributed by atoms with E-state index in [1.807, 2.05) is 54.3 Å². The fourth-order valence-electron chi connectivity index (χ4n) is 4.00. The molecule has 29 heavy (non-hydrogen) atoms. The number of aryl methyl sites for hydroxylation is 1. The Morgan fingerprint density at radius 3 is 2.69 bits per heavy atom. The van der Waals surface area contributed by atoms with Crippen molar-refractivity contribution in [2.45, 2.75) is 45.6 Å². The molecule has 150 valence electrons. The zero-order valence-corrected chi connectivity index (χ0v) is 16.9. The molecule has 0 bridgehead atoms. The van der Waals surface area contributed by atoms with Gasteiger partial charge in [-0.1, -0.05) is 30.7 Å². The lowest BCUT2D eigenvalue weighted by Gasteiger charge is -2.34. The SMILES string of the molecule is CCC1CCCCN1C(=O)c1nc(C(=O)Nc2ccc(C)cc2)c2ccccn12. The summed E-state index contributed by atoms with van der Waals surface area (Å²) in [6.07, 6.45) is 5.90. The summed E-state index contributed by atoms with van der Waals surface area (Å²) >= 11 is 0. The van der Waals surface area contributed by atoms with Gasteiger partial charge in [0.15, 0.2) is 5.69 Å². The van der Waals surface area contributed by atoms with Crippen LogP contribution in [0.3, 0.4) is 0 Å². The molecule has 0 saturated carbocycles. The van der Waals surface area contributed by atoms with E-state index < -0.39 is 0 Å². The lowest BCUT2D eigenvalue weighted by molar-refractivity contribution is 0.0594. The van der Waals surface area contributed by atoms with Gasteiger partial charge in [-0.3, -0.25) is 14.0 Å². The van der Waals surface area contributed by atoms with Gasteiger partial charge in [0.2, 0.25) is 5.82 Å². The highest BCUT2D eigenvalue weighted by atomic mass is 16.2. The summed E-state index contributed by atoms with van der Waals surface area (Å²) in [7, 11) is 0. The Kier molecular flexibility index (Phi) is 5.34. The number of anilines is 1. The fourth-order valence-corrected chi connectivity index (χ4v) is 4.00. The summed E-state index contributed by atoms with van der Waals surface area (Å²) in [6.45, 7) is 4.85. The lowest BCUT2D eigenvalue weighted by Crippen LogP contribution is -2.44. The summed E-state index contributed by atoms with van der Waals surface area (Å²) in [5.41, 5.74) is 2.72. The van der Waals surface area contributed by atoms with Crippen LogP contribution in [0.25, 0.3) is 5.52 Å². The van der Waals surface area contributed by atoms with Crippen LogP contribution >= 0.6 is 0 Å². The molecule has 6 heteroatoms. The molecule has 1 saturated heterocycles. The van der Waals surface area contributed by atoms with Crippen LogP contribution in [0.4, 0.5) is 5.69 Å². The Bertz CT molecular complexity index is 1040. The van der Waals surface area contributed by atoms with Crippen molar-refractivity contribution in [3.63, 3.8) is 0 Å². The van der Waals surface area contributed by atoms with Gasteiger partial charge in [0.25, 0.3) is 11.8 Å². The number of carbonyl (C=O) groups excluding carboxylic acids is 2. The minimum atomic E-state index is -0.317. The van der Waals surface area contributed by atoms with Crippen LogP contribution in [0.15, 0.2) is 48.7 Å². The molecule has 1 unspecified atom stereocenters. The molecular formula is C23H26N4O2. The van der Waals surface area contributed by atoms with Crippen molar-refractivity contribution in [2.24, 2.45) is 0 Å². The minimum Gasteiger partial charge on any atom is -0.333 e. The molecule has 3 aromatic rings. The number of hydrogen-bond donors (Lipinski definition) is 1. The molecule has 1 atom stereocenters. The summed E-state index contributed by atoms with van der Waals surface area (Å²) in [5.74, 6) is -0.121. The Balaban J connectivity index is 1.68. The van der Waals surface area contributed by atoms with Gasteiger partial charge >= 0.3 is 0 Å². The fraction of sp³-hybridized carbons (Fsp3) is 0.348. The number of aromatic nitrogens is 2. The quantitative estimate of drug-likeness (QED) is 0.722. The molecule has 6 nitrogen and oxygen atoms in total. The summed E-state index contributed by atoms with van der Waals surface area (Å²) < 4.78 is 1.73. The molecular weight excluding hydrogens is 364 g/mol. The van der Waals surface area contributed by atoms with E-state index in [4.69, 9.17) is 0 Å². The van der Waals surface area contributed by atoms with Gasteiger partial charge < -0.3 is 10.2 Å². The number of hydrogen-bond acceptors (Lipinski definition) is 3. The summed E-state index contributed by atoms with van der Waals surface area (Å²) in [6, 6.07) is 13.4. The van der Waals surface area contributed by atoms with Crippen molar-refractivity contribution in [1.29, 1.82) is 0 Å². The highest BCUT2D eigenvalue weighted by Crippen LogP contribution is 2.23. The summed E-state index contributed by atoms with van der Waals surface area (Å²) in [4.78, 5) is 32.7. The number of imidazole rings is 1. The topological polar surface area (TPSA) is 66.7 Å². The van der Waals surface area contributed by atoms with E-state index in [9.17, 15) is 9.59 Å². The summed E-state index contributed by atoms with van der Waals surface area (Å²) in [5, 5.41) is 2.89. The van der Waals surface area contributed by atoms with Gasteiger partial charge in [0, 0.05) is 24.5 Å². The Morgan fingerprint density at radius 1 is 1.14 bits per heavy atom. The van der Waals surface area contributed by atoms with Crippen molar-refractivity contribution >= 4 is 23.0 Å². The van der Waals surface area contributed by atoms with E-state index in [0.29, 0.717) is 17.0 Å². The van der Waals surface area contributed by atoms with Crippen molar-refractivity contribution in [1.82, 2.24) is 14.3 Å². The van der Waals surface area contributed by atoms with Crippen LogP contribution in [-0.4, -0.2) is 38.7 Å². The second-order valence-corrected chi connectivity index (χ2v) is 7.62. The van der Waals surface area contributed by atoms with E-state index in [-0.39, 0.29) is 23.6 Å². The predicted molar refractivity (Wildman–Crippen MR) is 113 cm³/mol. The molecule has 2 amide bonds. The maximum Gasteiger partial charge on any atom is 0.290 e. The van der Waals surface area contributed by atoms with Crippen molar-refractivity contribution in [2.75, 3.05) is 11.9 Å². The number of fused-ring (bicyclic) bond motifs is 1. The van der Waals surface area contributed by atoms with Gasteiger partial charge in [-0.25, -0.2) is 4.98 Å². The number of rotatable bonds is 4. The first-order valence-electron chi connectivity index (χ1n) is 10.2. The number of nitrogens with zero attached hydrogens (tertiary/aromatic N) is 3. The number of carbonyl (C=O) groups is 2. The van der Waals surface area contributed by atoms with E-state index in [0.717, 1.165) is 37.8 Å². The van der Waals surface area contributed by atoms with Crippen LogP contribution in [0.2, 0.25) is 0 Å². The largest absolute Gasteiger partial charge is 0.333 e. The van der Waals surface area contributed by atoms with Crippen molar-refractivity contribution in [3.8, 4) is 0 Å². The first kappa shape index (κ1) is 19.2. The number of pyridine rings is 1. The van der Waals surface area contributed by atoms with Gasteiger partial charge in [-0.05, 0) is 56.9 Å². The van der Waals surface area contributed by atoms with Gasteiger partial charge in [0.1, 0.15) is 0 Å². The maximum absolute atomic E-state index is 13.3. The Labute approximate surface area is 170 Å². The average Bonchev–Trinajstić information content (AvgIpc) is 3.14. The maximum atomic E-state index is 13.3. The standard InChI is InChI=1S/C23H26N4O2/c1-3-18-8-4-6-14-26(18)23(29)21-25-20(19-9-5-7-15-27(19)21)22(28)24-17-12-10-16(2)11-13-17/h5,7,9-13,15,18H,3-4,6,8,14H2,1-2H3,(H,24,28). The van der Waals surface area contributed by atoms with Crippen LogP contribution in [0.5, 0.6) is 0 Å². The molecule has 0 radical (unpaired) electrons. The van der Waals surface area contributed by atoms with Crippen LogP contribution < -0.4 is 5.32 Å². The third kappa shape index (κ3) is 3.75. The van der Waals surface area contributed by atoms with Crippen molar-refractivity contribution < 1.29 is 9.59 Å². The van der Waals surface area contributed by atoms with Crippen LogP contribution in [-0.2, 0) is 0 Å². The third-order valence-electron chi connectivity index (χ3n) is 5.62. The monoisotopic (exact) mass is 390 g/mol. The first-order chi connectivity index (χ1) is 14.1. The third-order valence-corrected chi connectivity index (χ3v) is 5.62. The van der Waals surface area contributed by atoms with E-state index in [1.165, 1.54) is 0 Å². The Hall–Kier alpha value is -3.15. The number of nitrogens with one attached hydrogen (secondary N) is 1. The molecule has 4 rings (SSSR count). The molecule has 3 heterocycles. The number of likely N-dealkylation sites (tertiary alicyclic amines) is 1. The molecule has 0 aliphatic carbocycles. The van der Waals surface area contributed by atoms with Crippen molar-refractivity contribution in [3.05, 3.63) is 65.7 Å². The number of piperidine rings is 1. The van der Waals surface area contributed by atoms with E-state index in [1.54, 1.807) is 10.6 Å². The second-order valence-electron chi connectivity index (χ2n) is 7.62. The zero-order valence-electron chi connectivity index (χ0n) is 16.9. The normalized spacial score (nSPS) is 16.8. The molecule has 1 aromatic carbocycles. The van der Waals surface area contributed by atoms with E-state index >= 15 is 0 Å².